The number of rotatable bonds is 3. The molecule has 2 N–H and O–H groups in total. The molecule has 5 heteroatoms. The molecule has 5 nitrogen and oxygen atoms in total. The fourth-order valence-electron chi connectivity index (χ4n) is 3.52. The molecular weight excluding hydrogens is 350 g/mol. The average molecular weight is 367 g/mol. The van der Waals surface area contributed by atoms with Crippen LogP contribution in [-0.4, -0.2) is 17.1 Å². The summed E-state index contributed by atoms with van der Waals surface area (Å²) < 4.78 is 11.4. The van der Waals surface area contributed by atoms with Crippen LogP contribution >= 0.6 is 0 Å². The van der Waals surface area contributed by atoms with Gasteiger partial charge in [-0.2, -0.15) is 0 Å². The molecule has 5 rings (SSSR count). The molecule has 136 valence electrons. The van der Waals surface area contributed by atoms with E-state index in [2.05, 4.69) is 40.3 Å². The van der Waals surface area contributed by atoms with Crippen LogP contribution in [0.15, 0.2) is 77.5 Å². The van der Waals surface area contributed by atoms with E-state index in [-0.39, 0.29) is 0 Å². The summed E-state index contributed by atoms with van der Waals surface area (Å²) in [7, 11) is 1.65. The Morgan fingerprint density at radius 1 is 0.857 bits per heavy atom. The minimum absolute atomic E-state index is 0.400. The van der Waals surface area contributed by atoms with Gasteiger partial charge in [-0.05, 0) is 46.7 Å². The number of benzene rings is 3. The molecule has 0 aliphatic heterocycles. The van der Waals surface area contributed by atoms with Crippen LogP contribution in [0.25, 0.3) is 44.3 Å². The number of furan rings is 1. The van der Waals surface area contributed by atoms with Gasteiger partial charge in [-0.1, -0.05) is 36.4 Å². The highest BCUT2D eigenvalue weighted by molar-refractivity contribution is 6.06. The van der Waals surface area contributed by atoms with E-state index in [9.17, 15) is 0 Å². The number of nitrogens with zero attached hydrogens (tertiary/aromatic N) is 2. The number of fused-ring (bicyclic) bond motifs is 2. The highest BCUT2D eigenvalue weighted by Gasteiger charge is 2.21. The Balaban J connectivity index is 1.81. The van der Waals surface area contributed by atoms with Crippen LogP contribution in [-0.2, 0) is 0 Å². The van der Waals surface area contributed by atoms with E-state index >= 15 is 0 Å². The minimum Gasteiger partial charge on any atom is -0.497 e. The van der Waals surface area contributed by atoms with E-state index < -0.39 is 0 Å². The largest absolute Gasteiger partial charge is 0.497 e. The smallest absolute Gasteiger partial charge is 0.232 e. The third kappa shape index (κ3) is 2.56. The highest BCUT2D eigenvalue weighted by atomic mass is 16.5. The van der Waals surface area contributed by atoms with Crippen LogP contribution in [0.4, 0.5) is 5.82 Å². The first kappa shape index (κ1) is 16.3. The topological polar surface area (TPSA) is 74.2 Å². The number of ether oxygens (including phenoxy) is 1. The Morgan fingerprint density at radius 2 is 1.61 bits per heavy atom. The summed E-state index contributed by atoms with van der Waals surface area (Å²) in [4.78, 5) is 8.46. The number of methoxy groups -OCH3 is 1. The summed E-state index contributed by atoms with van der Waals surface area (Å²) in [6, 6.07) is 22.3. The molecule has 0 spiro atoms. The zero-order valence-corrected chi connectivity index (χ0v) is 15.2. The highest BCUT2D eigenvalue weighted by Crippen LogP contribution is 2.42. The Morgan fingerprint density at radius 3 is 2.39 bits per heavy atom. The van der Waals surface area contributed by atoms with Crippen molar-refractivity contribution in [1.29, 1.82) is 0 Å². The first-order chi connectivity index (χ1) is 13.7. The van der Waals surface area contributed by atoms with Gasteiger partial charge >= 0.3 is 0 Å². The third-order valence-corrected chi connectivity index (χ3v) is 4.91. The van der Waals surface area contributed by atoms with Crippen molar-refractivity contribution < 1.29 is 9.15 Å². The molecule has 28 heavy (non-hydrogen) atoms. The summed E-state index contributed by atoms with van der Waals surface area (Å²) in [5, 5.41) is 3.04. The molecule has 2 heterocycles. The number of aromatic nitrogens is 2. The second-order valence-electron chi connectivity index (χ2n) is 6.54. The Labute approximate surface area is 161 Å². The number of nitrogens with two attached hydrogens (primary N) is 1. The molecule has 0 saturated carbocycles. The molecule has 0 unspecified atom stereocenters. The van der Waals surface area contributed by atoms with E-state index in [1.165, 1.54) is 11.7 Å². The molecule has 0 aliphatic rings. The van der Waals surface area contributed by atoms with Crippen LogP contribution in [0.3, 0.4) is 0 Å². The maximum absolute atomic E-state index is 6.21. The van der Waals surface area contributed by atoms with Gasteiger partial charge in [-0.25, -0.2) is 9.97 Å². The van der Waals surface area contributed by atoms with Crippen molar-refractivity contribution in [1.82, 2.24) is 9.97 Å². The lowest BCUT2D eigenvalue weighted by Gasteiger charge is -2.07. The van der Waals surface area contributed by atoms with E-state index in [4.69, 9.17) is 14.9 Å². The minimum atomic E-state index is 0.400. The lowest BCUT2D eigenvalue weighted by molar-refractivity contribution is 0.415. The monoisotopic (exact) mass is 367 g/mol. The molecular formula is C23H17N3O2. The van der Waals surface area contributed by atoms with Gasteiger partial charge in [-0.3, -0.25) is 0 Å². The molecule has 2 aromatic heterocycles. The molecule has 0 bridgehead atoms. The van der Waals surface area contributed by atoms with Gasteiger partial charge in [0.1, 0.15) is 23.7 Å². The predicted molar refractivity (Wildman–Crippen MR) is 111 cm³/mol. The Kier molecular flexibility index (Phi) is 3.72. The van der Waals surface area contributed by atoms with Crippen molar-refractivity contribution >= 4 is 27.7 Å². The van der Waals surface area contributed by atoms with E-state index in [0.29, 0.717) is 17.3 Å². The summed E-state index contributed by atoms with van der Waals surface area (Å²) in [5.41, 5.74) is 9.50. The summed E-state index contributed by atoms with van der Waals surface area (Å²) >= 11 is 0. The molecule has 3 aromatic carbocycles. The van der Waals surface area contributed by atoms with Crippen LogP contribution < -0.4 is 10.5 Å². The molecule has 0 fully saturated rings. The van der Waals surface area contributed by atoms with Gasteiger partial charge in [0.25, 0.3) is 0 Å². The normalized spacial score (nSPS) is 11.2. The molecule has 0 atom stereocenters. The quantitative estimate of drug-likeness (QED) is 0.468. The second-order valence-corrected chi connectivity index (χ2v) is 6.54. The van der Waals surface area contributed by atoms with Crippen molar-refractivity contribution in [3.05, 3.63) is 73.1 Å². The van der Waals surface area contributed by atoms with Gasteiger partial charge in [0.15, 0.2) is 0 Å². The number of anilines is 1. The van der Waals surface area contributed by atoms with Gasteiger partial charge in [0.2, 0.25) is 5.71 Å². The van der Waals surface area contributed by atoms with E-state index in [1.807, 2.05) is 36.4 Å². The third-order valence-electron chi connectivity index (χ3n) is 4.91. The van der Waals surface area contributed by atoms with Gasteiger partial charge in [-0.15, -0.1) is 0 Å². The number of hydrogen-bond donors (Lipinski definition) is 1. The maximum atomic E-state index is 6.21. The van der Waals surface area contributed by atoms with E-state index in [0.717, 1.165) is 33.2 Å². The van der Waals surface area contributed by atoms with Crippen LogP contribution in [0.5, 0.6) is 5.75 Å². The summed E-state index contributed by atoms with van der Waals surface area (Å²) in [6.45, 7) is 0. The zero-order chi connectivity index (χ0) is 19.1. The van der Waals surface area contributed by atoms with Crippen LogP contribution in [0.2, 0.25) is 0 Å². The Bertz CT molecular complexity index is 1310. The maximum Gasteiger partial charge on any atom is 0.232 e. The number of hydrogen-bond acceptors (Lipinski definition) is 5. The number of nitrogen functional groups attached to an aromatic ring is 1. The van der Waals surface area contributed by atoms with Gasteiger partial charge in [0, 0.05) is 11.1 Å². The van der Waals surface area contributed by atoms with Gasteiger partial charge in [0.05, 0.1) is 12.5 Å². The Hall–Kier alpha value is -3.86. The van der Waals surface area contributed by atoms with Crippen molar-refractivity contribution in [3.63, 3.8) is 0 Å². The average Bonchev–Trinajstić information content (AvgIpc) is 3.14. The predicted octanol–water partition coefficient (Wildman–Crippen LogP) is 5.30. The van der Waals surface area contributed by atoms with Crippen molar-refractivity contribution in [2.75, 3.05) is 12.8 Å². The molecule has 0 radical (unpaired) electrons. The lowest BCUT2D eigenvalue weighted by atomic mass is 9.97. The summed E-state index contributed by atoms with van der Waals surface area (Å²) in [5.74, 6) is 1.89. The fourth-order valence-corrected chi connectivity index (χ4v) is 3.52. The molecule has 0 aliphatic carbocycles. The zero-order valence-electron chi connectivity index (χ0n) is 15.2. The lowest BCUT2D eigenvalue weighted by Crippen LogP contribution is -1.92. The molecule has 5 aromatic rings. The standard InChI is InChI=1S/C23H17N3O2/c1-27-18-10-8-15(9-11-18)21-19(20-22(24)25-13-26-23(20)28-21)17-7-6-14-4-2-3-5-16(14)12-17/h2-13H,1H3,(H2,24,25,26). The first-order valence-corrected chi connectivity index (χ1v) is 8.91. The van der Waals surface area contributed by atoms with Crippen LogP contribution in [0, 0.1) is 0 Å². The SMILES string of the molecule is COc1ccc(-c2oc3ncnc(N)c3c2-c2ccc3ccccc3c2)cc1. The van der Waals surface area contributed by atoms with Gasteiger partial charge < -0.3 is 14.9 Å². The fraction of sp³-hybridized carbons (Fsp3) is 0.0435. The molecule has 0 amide bonds. The van der Waals surface area contributed by atoms with Crippen molar-refractivity contribution in [2.45, 2.75) is 0 Å². The second kappa shape index (κ2) is 6.39. The van der Waals surface area contributed by atoms with Crippen LogP contribution in [0.1, 0.15) is 0 Å². The summed E-state index contributed by atoms with van der Waals surface area (Å²) in [6.07, 6.45) is 1.42. The van der Waals surface area contributed by atoms with E-state index in [1.54, 1.807) is 7.11 Å². The molecule has 0 saturated heterocycles. The van der Waals surface area contributed by atoms with Crippen molar-refractivity contribution in [3.8, 4) is 28.2 Å². The van der Waals surface area contributed by atoms with Crippen molar-refractivity contribution in [2.24, 2.45) is 0 Å². The first-order valence-electron chi connectivity index (χ1n) is 8.91.